The lowest BCUT2D eigenvalue weighted by Crippen LogP contribution is -2.20. The minimum Gasteiger partial charge on any atom is -0.396 e. The number of rotatable bonds is 3. The topological polar surface area (TPSA) is 40.5 Å². The average Bonchev–Trinajstić information content (AvgIpc) is 2.54. The van der Waals surface area contributed by atoms with Crippen molar-refractivity contribution in [2.24, 2.45) is 0 Å². The monoisotopic (exact) mass is 241 g/mol. The Bertz CT molecular complexity index is 460. The molecule has 0 spiro atoms. The summed E-state index contributed by atoms with van der Waals surface area (Å²) in [5.74, 6) is -3.14. The molecule has 0 radical (unpaired) electrons. The smallest absolute Gasteiger partial charge is 0.275 e. The SMILES string of the molecule is CN1C(=O)Cc2cc(C(F)(F)CCO)ccc21. The van der Waals surface area contributed by atoms with Gasteiger partial charge in [0.15, 0.2) is 0 Å². The predicted octanol–water partition coefficient (Wildman–Crippen LogP) is 1.68. The van der Waals surface area contributed by atoms with Crippen LogP contribution in [0.2, 0.25) is 0 Å². The second kappa shape index (κ2) is 4.07. The van der Waals surface area contributed by atoms with Crippen molar-refractivity contribution in [3.8, 4) is 0 Å². The molecule has 5 heteroatoms. The highest BCUT2D eigenvalue weighted by Crippen LogP contribution is 2.36. The summed E-state index contributed by atoms with van der Waals surface area (Å²) < 4.78 is 27.1. The van der Waals surface area contributed by atoms with Gasteiger partial charge in [-0.3, -0.25) is 4.79 Å². The Labute approximate surface area is 97.7 Å². The number of nitrogens with zero attached hydrogens (tertiary/aromatic N) is 1. The molecule has 0 fully saturated rings. The molecule has 0 saturated heterocycles. The van der Waals surface area contributed by atoms with E-state index in [1.807, 2.05) is 0 Å². The van der Waals surface area contributed by atoms with Crippen LogP contribution in [-0.4, -0.2) is 24.7 Å². The molecule has 0 atom stereocenters. The van der Waals surface area contributed by atoms with Gasteiger partial charge in [0.2, 0.25) is 5.91 Å². The highest BCUT2D eigenvalue weighted by atomic mass is 19.3. The van der Waals surface area contributed by atoms with Gasteiger partial charge in [-0.25, -0.2) is 8.78 Å². The summed E-state index contributed by atoms with van der Waals surface area (Å²) in [6.07, 6.45) is -0.440. The molecular weight excluding hydrogens is 228 g/mol. The number of carbonyl (C=O) groups is 1. The summed E-state index contributed by atoms with van der Waals surface area (Å²) in [6, 6.07) is 4.19. The van der Waals surface area contributed by atoms with E-state index < -0.39 is 19.0 Å². The first-order chi connectivity index (χ1) is 7.95. The van der Waals surface area contributed by atoms with Crippen LogP contribution >= 0.6 is 0 Å². The molecule has 0 aromatic heterocycles. The van der Waals surface area contributed by atoms with Crippen LogP contribution in [0, 0.1) is 0 Å². The zero-order chi connectivity index (χ0) is 12.6. The molecule has 1 aliphatic rings. The number of benzene rings is 1. The highest BCUT2D eigenvalue weighted by Gasteiger charge is 2.33. The maximum atomic E-state index is 13.6. The number of aliphatic hydroxyl groups excluding tert-OH is 1. The Balaban J connectivity index is 2.36. The molecule has 17 heavy (non-hydrogen) atoms. The summed E-state index contributed by atoms with van der Waals surface area (Å²) in [7, 11) is 1.62. The maximum absolute atomic E-state index is 13.6. The van der Waals surface area contributed by atoms with Gasteiger partial charge in [0.05, 0.1) is 6.42 Å². The zero-order valence-electron chi connectivity index (χ0n) is 9.41. The fraction of sp³-hybridized carbons (Fsp3) is 0.417. The number of fused-ring (bicyclic) bond motifs is 1. The van der Waals surface area contributed by atoms with Crippen LogP contribution in [0.3, 0.4) is 0 Å². The van der Waals surface area contributed by atoms with Crippen LogP contribution in [0.15, 0.2) is 18.2 Å². The molecular formula is C12H13F2NO2. The molecule has 1 aliphatic heterocycles. The molecule has 0 bridgehead atoms. The van der Waals surface area contributed by atoms with Crippen LogP contribution in [0.1, 0.15) is 17.5 Å². The highest BCUT2D eigenvalue weighted by molar-refractivity contribution is 6.00. The molecule has 0 saturated carbocycles. The lowest BCUT2D eigenvalue weighted by atomic mass is 10.0. The first-order valence-corrected chi connectivity index (χ1v) is 5.34. The number of hydrogen-bond acceptors (Lipinski definition) is 2. The first kappa shape index (κ1) is 12.0. The average molecular weight is 241 g/mol. The van der Waals surface area contributed by atoms with Crippen molar-refractivity contribution in [1.82, 2.24) is 0 Å². The van der Waals surface area contributed by atoms with E-state index in [1.165, 1.54) is 23.1 Å². The predicted molar refractivity (Wildman–Crippen MR) is 59.2 cm³/mol. The Morgan fingerprint density at radius 1 is 1.47 bits per heavy atom. The summed E-state index contributed by atoms with van der Waals surface area (Å²) in [4.78, 5) is 12.9. The second-order valence-electron chi connectivity index (χ2n) is 4.15. The van der Waals surface area contributed by atoms with E-state index in [9.17, 15) is 13.6 Å². The Morgan fingerprint density at radius 2 is 2.18 bits per heavy atom. The van der Waals surface area contributed by atoms with Crippen molar-refractivity contribution < 1.29 is 18.7 Å². The quantitative estimate of drug-likeness (QED) is 0.874. The van der Waals surface area contributed by atoms with Crippen LogP contribution in [-0.2, 0) is 17.1 Å². The number of hydrogen-bond donors (Lipinski definition) is 1. The first-order valence-electron chi connectivity index (χ1n) is 5.34. The Kier molecular flexibility index (Phi) is 2.87. The van der Waals surface area contributed by atoms with Crippen molar-refractivity contribution in [3.05, 3.63) is 29.3 Å². The number of likely N-dealkylation sites (N-methyl/N-ethyl adjacent to an activating group) is 1. The molecule has 1 aromatic carbocycles. The number of halogens is 2. The van der Waals surface area contributed by atoms with E-state index in [0.717, 1.165) is 0 Å². The Hall–Kier alpha value is -1.49. The van der Waals surface area contributed by atoms with Gasteiger partial charge in [-0.1, -0.05) is 6.07 Å². The lowest BCUT2D eigenvalue weighted by Gasteiger charge is -2.17. The van der Waals surface area contributed by atoms with Crippen molar-refractivity contribution in [2.45, 2.75) is 18.8 Å². The van der Waals surface area contributed by atoms with Gasteiger partial charge in [0.1, 0.15) is 0 Å². The fourth-order valence-corrected chi connectivity index (χ4v) is 1.98. The largest absolute Gasteiger partial charge is 0.396 e. The summed E-state index contributed by atoms with van der Waals surface area (Å²) >= 11 is 0. The molecule has 1 heterocycles. The third kappa shape index (κ3) is 2.02. The van der Waals surface area contributed by atoms with Gasteiger partial charge in [0, 0.05) is 31.3 Å². The molecule has 1 aromatic rings. The minimum absolute atomic E-state index is 0.0948. The fourth-order valence-electron chi connectivity index (χ4n) is 1.98. The lowest BCUT2D eigenvalue weighted by molar-refractivity contribution is -0.117. The van der Waals surface area contributed by atoms with Crippen molar-refractivity contribution in [3.63, 3.8) is 0 Å². The molecule has 1 amide bonds. The third-order valence-corrected chi connectivity index (χ3v) is 3.00. The number of alkyl halides is 2. The maximum Gasteiger partial charge on any atom is 0.275 e. The standard InChI is InChI=1S/C12H13F2NO2/c1-15-10-3-2-9(12(13,14)4-5-16)6-8(10)7-11(15)17/h2-3,6,16H,4-5,7H2,1H3. The summed E-state index contributed by atoms with van der Waals surface area (Å²) in [6.45, 7) is -0.567. The van der Waals surface area contributed by atoms with Gasteiger partial charge < -0.3 is 10.0 Å². The molecule has 92 valence electrons. The summed E-state index contributed by atoms with van der Waals surface area (Å²) in [5.41, 5.74) is 1.15. The second-order valence-corrected chi connectivity index (χ2v) is 4.15. The number of aliphatic hydroxyl groups is 1. The zero-order valence-corrected chi connectivity index (χ0v) is 9.41. The van der Waals surface area contributed by atoms with E-state index >= 15 is 0 Å². The van der Waals surface area contributed by atoms with Crippen molar-refractivity contribution in [1.29, 1.82) is 0 Å². The van der Waals surface area contributed by atoms with E-state index in [4.69, 9.17) is 5.11 Å². The molecule has 0 aliphatic carbocycles. The van der Waals surface area contributed by atoms with E-state index in [1.54, 1.807) is 7.05 Å². The molecule has 0 unspecified atom stereocenters. The number of anilines is 1. The Morgan fingerprint density at radius 3 is 2.82 bits per heavy atom. The minimum atomic E-state index is -3.05. The van der Waals surface area contributed by atoms with Crippen LogP contribution in [0.4, 0.5) is 14.5 Å². The van der Waals surface area contributed by atoms with Gasteiger partial charge in [-0.2, -0.15) is 0 Å². The van der Waals surface area contributed by atoms with Crippen LogP contribution in [0.5, 0.6) is 0 Å². The van der Waals surface area contributed by atoms with Crippen LogP contribution in [0.25, 0.3) is 0 Å². The van der Waals surface area contributed by atoms with Crippen molar-refractivity contribution in [2.75, 3.05) is 18.6 Å². The van der Waals surface area contributed by atoms with E-state index in [0.29, 0.717) is 11.3 Å². The third-order valence-electron chi connectivity index (χ3n) is 3.00. The van der Waals surface area contributed by atoms with Gasteiger partial charge in [-0.15, -0.1) is 0 Å². The molecule has 1 N–H and O–H groups in total. The molecule has 3 nitrogen and oxygen atoms in total. The normalized spacial score (nSPS) is 15.3. The van der Waals surface area contributed by atoms with Gasteiger partial charge in [0.25, 0.3) is 5.92 Å². The number of carbonyl (C=O) groups excluding carboxylic acids is 1. The van der Waals surface area contributed by atoms with E-state index in [2.05, 4.69) is 0 Å². The molecule has 2 rings (SSSR count). The van der Waals surface area contributed by atoms with Gasteiger partial charge in [-0.05, 0) is 17.7 Å². The van der Waals surface area contributed by atoms with Gasteiger partial charge >= 0.3 is 0 Å². The van der Waals surface area contributed by atoms with E-state index in [-0.39, 0.29) is 17.9 Å². The van der Waals surface area contributed by atoms with Crippen LogP contribution < -0.4 is 4.90 Å². The number of amides is 1. The van der Waals surface area contributed by atoms with Crippen molar-refractivity contribution >= 4 is 11.6 Å². The summed E-state index contributed by atoms with van der Waals surface area (Å²) in [5, 5.41) is 8.60.